The van der Waals surface area contributed by atoms with Gasteiger partial charge in [-0.3, -0.25) is 9.59 Å². The molecule has 0 aromatic heterocycles. The van der Waals surface area contributed by atoms with Crippen LogP contribution in [-0.2, 0) is 14.3 Å². The van der Waals surface area contributed by atoms with E-state index in [9.17, 15) is 9.59 Å². The first-order valence-corrected chi connectivity index (χ1v) is 9.76. The topological polar surface area (TPSA) is 64.6 Å². The Morgan fingerprint density at radius 1 is 1.04 bits per heavy atom. The SMILES string of the molecule is O=C(COC(=O)CCCOc1ccc(Br)cc1Cl)Nc1cc(Cl)ccc1Cl. The maximum absolute atomic E-state index is 11.8. The minimum Gasteiger partial charge on any atom is -0.492 e. The first-order chi connectivity index (χ1) is 12.8. The van der Waals surface area contributed by atoms with Crippen molar-refractivity contribution in [3.05, 3.63) is 55.9 Å². The molecule has 144 valence electrons. The van der Waals surface area contributed by atoms with E-state index in [0.717, 1.165) is 4.47 Å². The lowest BCUT2D eigenvalue weighted by Gasteiger charge is -2.09. The molecular formula is C18H15BrCl3NO4. The molecule has 0 saturated carbocycles. The zero-order valence-electron chi connectivity index (χ0n) is 13.9. The van der Waals surface area contributed by atoms with Crippen LogP contribution in [0.2, 0.25) is 15.1 Å². The Kier molecular flexibility index (Phi) is 8.70. The zero-order chi connectivity index (χ0) is 19.8. The average Bonchev–Trinajstić information content (AvgIpc) is 2.61. The molecule has 0 aliphatic heterocycles. The second-order valence-electron chi connectivity index (χ2n) is 5.36. The largest absolute Gasteiger partial charge is 0.492 e. The number of nitrogens with one attached hydrogen (secondary N) is 1. The minimum absolute atomic E-state index is 0.110. The lowest BCUT2D eigenvalue weighted by Crippen LogP contribution is -2.21. The predicted octanol–water partition coefficient (Wildman–Crippen LogP) is 5.75. The molecule has 0 spiro atoms. The van der Waals surface area contributed by atoms with Crippen LogP contribution in [0, 0.1) is 0 Å². The fraction of sp³-hybridized carbons (Fsp3) is 0.222. The molecule has 0 fully saturated rings. The number of carbonyl (C=O) groups is 2. The summed E-state index contributed by atoms with van der Waals surface area (Å²) >= 11 is 21.1. The van der Waals surface area contributed by atoms with Gasteiger partial charge in [0.05, 0.1) is 22.3 Å². The van der Waals surface area contributed by atoms with Gasteiger partial charge < -0.3 is 14.8 Å². The number of carbonyl (C=O) groups excluding carboxylic acids is 2. The normalized spacial score (nSPS) is 10.4. The molecule has 2 aromatic carbocycles. The van der Waals surface area contributed by atoms with Crippen LogP contribution in [0.5, 0.6) is 5.75 Å². The molecule has 0 bridgehead atoms. The van der Waals surface area contributed by atoms with E-state index in [1.54, 1.807) is 30.3 Å². The highest BCUT2D eigenvalue weighted by Crippen LogP contribution is 2.28. The van der Waals surface area contributed by atoms with Crippen molar-refractivity contribution in [2.45, 2.75) is 12.8 Å². The van der Waals surface area contributed by atoms with E-state index >= 15 is 0 Å². The van der Waals surface area contributed by atoms with Gasteiger partial charge in [0.2, 0.25) is 0 Å². The van der Waals surface area contributed by atoms with Gasteiger partial charge in [-0.25, -0.2) is 0 Å². The van der Waals surface area contributed by atoms with E-state index in [1.165, 1.54) is 6.07 Å². The Hall–Kier alpha value is -1.47. The van der Waals surface area contributed by atoms with Crippen molar-refractivity contribution in [3.8, 4) is 5.75 Å². The molecule has 0 heterocycles. The number of esters is 1. The number of hydrogen-bond donors (Lipinski definition) is 1. The molecule has 0 saturated heterocycles. The third-order valence-electron chi connectivity index (χ3n) is 3.24. The summed E-state index contributed by atoms with van der Waals surface area (Å²) < 4.78 is 11.3. The van der Waals surface area contributed by atoms with Crippen LogP contribution in [-0.4, -0.2) is 25.1 Å². The maximum atomic E-state index is 11.8. The van der Waals surface area contributed by atoms with Crippen molar-refractivity contribution in [3.63, 3.8) is 0 Å². The fourth-order valence-electron chi connectivity index (χ4n) is 1.99. The Morgan fingerprint density at radius 3 is 2.56 bits per heavy atom. The van der Waals surface area contributed by atoms with Crippen LogP contribution in [0.4, 0.5) is 5.69 Å². The Bertz CT molecular complexity index is 832. The van der Waals surface area contributed by atoms with Gasteiger partial charge in [-0.1, -0.05) is 50.7 Å². The molecule has 1 amide bonds. The van der Waals surface area contributed by atoms with Crippen molar-refractivity contribution < 1.29 is 19.1 Å². The summed E-state index contributed by atoms with van der Waals surface area (Å²) in [6, 6.07) is 9.92. The average molecular weight is 496 g/mol. The number of hydrogen-bond acceptors (Lipinski definition) is 4. The fourth-order valence-corrected chi connectivity index (χ4v) is 3.05. The highest BCUT2D eigenvalue weighted by Gasteiger charge is 2.10. The molecule has 1 N–H and O–H groups in total. The van der Waals surface area contributed by atoms with Crippen molar-refractivity contribution in [1.29, 1.82) is 0 Å². The van der Waals surface area contributed by atoms with Gasteiger partial charge in [-0.2, -0.15) is 0 Å². The molecule has 0 radical (unpaired) electrons. The van der Waals surface area contributed by atoms with Crippen molar-refractivity contribution in [1.82, 2.24) is 0 Å². The monoisotopic (exact) mass is 493 g/mol. The first kappa shape index (κ1) is 21.8. The van der Waals surface area contributed by atoms with E-state index in [4.69, 9.17) is 44.3 Å². The van der Waals surface area contributed by atoms with Gasteiger partial charge in [-0.15, -0.1) is 0 Å². The summed E-state index contributed by atoms with van der Waals surface area (Å²) in [5.74, 6) is -0.482. The van der Waals surface area contributed by atoms with Crippen LogP contribution in [0.25, 0.3) is 0 Å². The molecular weight excluding hydrogens is 480 g/mol. The summed E-state index contributed by atoms with van der Waals surface area (Å²) in [5.41, 5.74) is 0.352. The smallest absolute Gasteiger partial charge is 0.306 e. The number of anilines is 1. The van der Waals surface area contributed by atoms with Crippen LogP contribution >= 0.6 is 50.7 Å². The van der Waals surface area contributed by atoms with E-state index < -0.39 is 18.5 Å². The highest BCUT2D eigenvalue weighted by molar-refractivity contribution is 9.10. The Labute approximate surface area is 180 Å². The van der Waals surface area contributed by atoms with Gasteiger partial charge >= 0.3 is 5.97 Å². The summed E-state index contributed by atoms with van der Waals surface area (Å²) in [4.78, 5) is 23.5. The molecule has 27 heavy (non-hydrogen) atoms. The summed E-state index contributed by atoms with van der Waals surface area (Å²) in [7, 11) is 0. The highest BCUT2D eigenvalue weighted by atomic mass is 79.9. The van der Waals surface area contributed by atoms with Crippen LogP contribution in [0.1, 0.15) is 12.8 Å². The van der Waals surface area contributed by atoms with Crippen LogP contribution in [0.3, 0.4) is 0 Å². The van der Waals surface area contributed by atoms with Crippen molar-refractivity contribution in [2.75, 3.05) is 18.5 Å². The van der Waals surface area contributed by atoms with Gasteiger partial charge in [-0.05, 0) is 42.8 Å². The molecule has 0 aliphatic carbocycles. The van der Waals surface area contributed by atoms with Crippen LogP contribution in [0.15, 0.2) is 40.9 Å². The number of rotatable bonds is 8. The van der Waals surface area contributed by atoms with Gasteiger partial charge in [0, 0.05) is 15.9 Å². The Balaban J connectivity index is 1.67. The second-order valence-corrected chi connectivity index (χ2v) is 7.53. The number of amides is 1. The van der Waals surface area contributed by atoms with Gasteiger partial charge in [0.1, 0.15) is 5.75 Å². The molecule has 5 nitrogen and oxygen atoms in total. The lowest BCUT2D eigenvalue weighted by atomic mass is 10.3. The van der Waals surface area contributed by atoms with E-state index in [-0.39, 0.29) is 6.42 Å². The molecule has 9 heteroatoms. The standard InChI is InChI=1S/C18H15BrCl3NO4/c19-11-3-6-16(14(22)8-11)26-7-1-2-18(25)27-10-17(24)23-15-9-12(20)4-5-13(15)21/h3-6,8-9H,1-2,7,10H2,(H,23,24). The first-order valence-electron chi connectivity index (χ1n) is 7.83. The summed E-state index contributed by atoms with van der Waals surface area (Å²) in [5, 5.41) is 3.77. The number of benzene rings is 2. The van der Waals surface area contributed by atoms with Crippen LogP contribution < -0.4 is 10.1 Å². The quantitative estimate of drug-likeness (QED) is 0.374. The van der Waals surface area contributed by atoms with E-state index in [1.807, 2.05) is 0 Å². The third-order valence-corrected chi connectivity index (χ3v) is 4.60. The van der Waals surface area contributed by atoms with Crippen molar-refractivity contribution in [2.24, 2.45) is 0 Å². The van der Waals surface area contributed by atoms with E-state index in [0.29, 0.717) is 39.5 Å². The summed E-state index contributed by atoms with van der Waals surface area (Å²) in [6.07, 6.45) is 0.534. The third kappa shape index (κ3) is 7.58. The van der Waals surface area contributed by atoms with E-state index in [2.05, 4.69) is 21.2 Å². The maximum Gasteiger partial charge on any atom is 0.306 e. The number of halogens is 4. The summed E-state index contributed by atoms with van der Waals surface area (Å²) in [6.45, 7) is -0.123. The van der Waals surface area contributed by atoms with Crippen molar-refractivity contribution >= 4 is 68.3 Å². The molecule has 2 rings (SSSR count). The second kappa shape index (κ2) is 10.8. The molecule has 0 atom stereocenters. The van der Waals surface area contributed by atoms with Gasteiger partial charge in [0.15, 0.2) is 6.61 Å². The molecule has 0 aliphatic rings. The number of ether oxygens (including phenoxy) is 2. The zero-order valence-corrected chi connectivity index (χ0v) is 17.8. The minimum atomic E-state index is -0.509. The molecule has 0 unspecified atom stereocenters. The lowest BCUT2D eigenvalue weighted by molar-refractivity contribution is -0.147. The Morgan fingerprint density at radius 2 is 1.81 bits per heavy atom. The predicted molar refractivity (Wildman–Crippen MR) is 110 cm³/mol. The molecule has 2 aromatic rings. The van der Waals surface area contributed by atoms with Gasteiger partial charge in [0.25, 0.3) is 5.91 Å².